The molecule has 8 heteroatoms. The lowest BCUT2D eigenvalue weighted by Gasteiger charge is -2.31. The molecule has 1 N–H and O–H groups in total. The molecular weight excluding hydrogens is 434 g/mol. The number of carbonyl (C=O) groups is 1. The molecule has 0 saturated carbocycles. The summed E-state index contributed by atoms with van der Waals surface area (Å²) in [5.74, 6) is 0.838. The van der Waals surface area contributed by atoms with Gasteiger partial charge in [0, 0.05) is 24.3 Å². The van der Waals surface area contributed by atoms with Gasteiger partial charge in [0.2, 0.25) is 16.0 Å². The van der Waals surface area contributed by atoms with Crippen LogP contribution in [0.15, 0.2) is 48.7 Å². The Labute approximate surface area is 197 Å². The highest BCUT2D eigenvalue weighted by Crippen LogP contribution is 2.31. The maximum Gasteiger partial charge on any atom is 0.229 e. The standard InChI is InChI=1S/C25H27N5O2S/c1-16-6-4-7-17(2)22(16)27-23(31)19-8-5-13-29(14-19)25-28-30-15-21(26-24(30)33-25)18-9-11-20(32-3)12-10-18/h4,6-7,9-12,15,19H,5,8,13-14H2,1-3H3,(H,27,31). The number of fused-ring (bicyclic) bond motifs is 1. The molecule has 1 saturated heterocycles. The number of ether oxygens (including phenoxy) is 1. The minimum absolute atomic E-state index is 0.0659. The maximum atomic E-state index is 13.0. The normalized spacial score (nSPS) is 16.2. The summed E-state index contributed by atoms with van der Waals surface area (Å²) in [4.78, 5) is 20.9. The third-order valence-electron chi connectivity index (χ3n) is 6.21. The van der Waals surface area contributed by atoms with Gasteiger partial charge in [-0.05, 0) is 62.1 Å². The van der Waals surface area contributed by atoms with Gasteiger partial charge in [-0.3, -0.25) is 4.79 Å². The van der Waals surface area contributed by atoms with Gasteiger partial charge in [0.05, 0.1) is 24.9 Å². The van der Waals surface area contributed by atoms with Gasteiger partial charge in [0.1, 0.15) is 5.75 Å². The monoisotopic (exact) mass is 461 g/mol. The molecule has 0 radical (unpaired) electrons. The molecule has 1 atom stereocenters. The largest absolute Gasteiger partial charge is 0.497 e. The number of nitrogens with zero attached hydrogens (tertiary/aromatic N) is 4. The van der Waals surface area contributed by atoms with Gasteiger partial charge in [0.25, 0.3) is 0 Å². The number of amides is 1. The molecule has 3 heterocycles. The Bertz CT molecular complexity index is 1240. The Hall–Kier alpha value is -3.39. The van der Waals surface area contributed by atoms with E-state index in [-0.39, 0.29) is 11.8 Å². The molecule has 0 aliphatic carbocycles. The summed E-state index contributed by atoms with van der Waals surface area (Å²) in [5, 5.41) is 8.84. The minimum Gasteiger partial charge on any atom is -0.497 e. The van der Waals surface area contributed by atoms with E-state index in [0.717, 1.165) is 63.3 Å². The van der Waals surface area contributed by atoms with Crippen LogP contribution in [-0.4, -0.2) is 40.7 Å². The summed E-state index contributed by atoms with van der Waals surface area (Å²) in [6, 6.07) is 13.9. The number of methoxy groups -OCH3 is 1. The highest BCUT2D eigenvalue weighted by atomic mass is 32.1. The van der Waals surface area contributed by atoms with E-state index < -0.39 is 0 Å². The first kappa shape index (κ1) is 21.5. The van der Waals surface area contributed by atoms with Crippen LogP contribution in [0.25, 0.3) is 16.2 Å². The van der Waals surface area contributed by atoms with Crippen molar-refractivity contribution in [3.63, 3.8) is 0 Å². The molecule has 0 spiro atoms. The Kier molecular flexibility index (Phi) is 5.76. The van der Waals surface area contributed by atoms with E-state index >= 15 is 0 Å². The van der Waals surface area contributed by atoms with Crippen molar-refractivity contribution in [2.75, 3.05) is 30.4 Å². The third-order valence-corrected chi connectivity index (χ3v) is 7.19. The summed E-state index contributed by atoms with van der Waals surface area (Å²) >= 11 is 1.56. The van der Waals surface area contributed by atoms with E-state index in [1.54, 1.807) is 18.4 Å². The fraction of sp³-hybridized carbons (Fsp3) is 0.320. The van der Waals surface area contributed by atoms with Crippen LogP contribution in [0.1, 0.15) is 24.0 Å². The number of aryl methyl sites for hydroxylation is 2. The molecule has 2 aromatic carbocycles. The fourth-order valence-corrected chi connectivity index (χ4v) is 5.24. The Balaban J connectivity index is 1.30. The van der Waals surface area contributed by atoms with E-state index in [1.807, 2.05) is 67.0 Å². The van der Waals surface area contributed by atoms with Crippen LogP contribution in [0.4, 0.5) is 10.8 Å². The first-order valence-corrected chi connectivity index (χ1v) is 12.0. The first-order chi connectivity index (χ1) is 16.0. The fourth-order valence-electron chi connectivity index (χ4n) is 4.32. The van der Waals surface area contributed by atoms with Crippen molar-refractivity contribution in [1.29, 1.82) is 0 Å². The van der Waals surface area contributed by atoms with Crippen LogP contribution < -0.4 is 15.0 Å². The summed E-state index contributed by atoms with van der Waals surface area (Å²) in [7, 11) is 1.66. The number of hydrogen-bond acceptors (Lipinski definition) is 6. The van der Waals surface area contributed by atoms with E-state index in [4.69, 9.17) is 14.8 Å². The number of para-hydroxylation sites is 1. The van der Waals surface area contributed by atoms with Gasteiger partial charge in [-0.1, -0.05) is 29.5 Å². The number of imidazole rings is 1. The second-order valence-electron chi connectivity index (χ2n) is 8.51. The number of aromatic nitrogens is 3. The molecule has 1 unspecified atom stereocenters. The highest BCUT2D eigenvalue weighted by Gasteiger charge is 2.28. The summed E-state index contributed by atoms with van der Waals surface area (Å²) < 4.78 is 7.07. The first-order valence-electron chi connectivity index (χ1n) is 11.1. The zero-order chi connectivity index (χ0) is 22.9. The SMILES string of the molecule is COc1ccc(-c2cn3nc(N4CCCC(C(=O)Nc5c(C)cccc5C)C4)sc3n2)cc1. The van der Waals surface area contributed by atoms with Crippen LogP contribution in [0.5, 0.6) is 5.75 Å². The predicted octanol–water partition coefficient (Wildman–Crippen LogP) is 4.94. The number of rotatable bonds is 5. The van der Waals surface area contributed by atoms with Crippen LogP contribution in [0.3, 0.4) is 0 Å². The smallest absolute Gasteiger partial charge is 0.229 e. The average molecular weight is 462 g/mol. The van der Waals surface area contributed by atoms with Gasteiger partial charge >= 0.3 is 0 Å². The number of hydrogen-bond donors (Lipinski definition) is 1. The topological polar surface area (TPSA) is 71.8 Å². The van der Waals surface area contributed by atoms with Gasteiger partial charge < -0.3 is 15.0 Å². The molecule has 2 aromatic heterocycles. The van der Waals surface area contributed by atoms with E-state index in [9.17, 15) is 4.79 Å². The maximum absolute atomic E-state index is 13.0. The Morgan fingerprint density at radius 1 is 1.15 bits per heavy atom. The van der Waals surface area contributed by atoms with E-state index in [2.05, 4.69) is 10.2 Å². The van der Waals surface area contributed by atoms with Crippen molar-refractivity contribution in [2.45, 2.75) is 26.7 Å². The number of benzene rings is 2. The quantitative estimate of drug-likeness (QED) is 0.456. The molecule has 1 aliphatic heterocycles. The number of anilines is 2. The molecule has 1 amide bonds. The van der Waals surface area contributed by atoms with Crippen molar-refractivity contribution in [1.82, 2.24) is 14.6 Å². The minimum atomic E-state index is -0.0659. The summed E-state index contributed by atoms with van der Waals surface area (Å²) in [6.45, 7) is 5.62. The molecule has 0 bridgehead atoms. The number of carbonyl (C=O) groups excluding carboxylic acids is 1. The lowest BCUT2D eigenvalue weighted by molar-refractivity contribution is -0.120. The summed E-state index contributed by atoms with van der Waals surface area (Å²) in [5.41, 5.74) is 5.01. The lowest BCUT2D eigenvalue weighted by Crippen LogP contribution is -2.41. The van der Waals surface area contributed by atoms with Gasteiger partial charge in [-0.25, -0.2) is 9.50 Å². The molecule has 170 valence electrons. The zero-order valence-electron chi connectivity index (χ0n) is 19.0. The van der Waals surface area contributed by atoms with Crippen LogP contribution in [0.2, 0.25) is 0 Å². The predicted molar refractivity (Wildman–Crippen MR) is 132 cm³/mol. The molecule has 4 aromatic rings. The molecule has 33 heavy (non-hydrogen) atoms. The molecular formula is C25H27N5O2S. The Morgan fingerprint density at radius 2 is 1.91 bits per heavy atom. The Morgan fingerprint density at radius 3 is 2.61 bits per heavy atom. The number of piperidine rings is 1. The third kappa shape index (κ3) is 4.30. The summed E-state index contributed by atoms with van der Waals surface area (Å²) in [6.07, 6.45) is 3.80. The second-order valence-corrected chi connectivity index (χ2v) is 9.44. The lowest BCUT2D eigenvalue weighted by atomic mass is 9.97. The second kappa shape index (κ2) is 8.86. The molecule has 5 rings (SSSR count). The zero-order valence-corrected chi connectivity index (χ0v) is 19.9. The van der Waals surface area contributed by atoms with Gasteiger partial charge in [0.15, 0.2) is 0 Å². The molecule has 7 nitrogen and oxygen atoms in total. The van der Waals surface area contributed by atoms with E-state index in [0.29, 0.717) is 6.54 Å². The van der Waals surface area contributed by atoms with Crippen molar-refractivity contribution >= 4 is 33.0 Å². The van der Waals surface area contributed by atoms with Gasteiger partial charge in [-0.2, -0.15) is 0 Å². The van der Waals surface area contributed by atoms with Crippen LogP contribution in [0, 0.1) is 19.8 Å². The average Bonchev–Trinajstić information content (AvgIpc) is 3.41. The van der Waals surface area contributed by atoms with Crippen molar-refractivity contribution in [3.8, 4) is 17.0 Å². The molecule has 1 aliphatic rings. The van der Waals surface area contributed by atoms with Crippen molar-refractivity contribution in [2.24, 2.45) is 5.92 Å². The molecule has 1 fully saturated rings. The van der Waals surface area contributed by atoms with Crippen LogP contribution in [-0.2, 0) is 4.79 Å². The van der Waals surface area contributed by atoms with Gasteiger partial charge in [-0.15, -0.1) is 5.10 Å². The highest BCUT2D eigenvalue weighted by molar-refractivity contribution is 7.20. The van der Waals surface area contributed by atoms with Crippen LogP contribution >= 0.6 is 11.3 Å². The van der Waals surface area contributed by atoms with E-state index in [1.165, 1.54) is 0 Å². The van der Waals surface area contributed by atoms with Crippen molar-refractivity contribution in [3.05, 3.63) is 59.8 Å². The number of nitrogens with one attached hydrogen (secondary N) is 1. The van der Waals surface area contributed by atoms with Crippen molar-refractivity contribution < 1.29 is 9.53 Å².